The summed E-state index contributed by atoms with van der Waals surface area (Å²) in [4.78, 5) is 26.9. The number of fused-ring (bicyclic) bond motifs is 5. The molecule has 0 unspecified atom stereocenters. The Kier molecular flexibility index (Phi) is 13.4. The zero-order chi connectivity index (χ0) is 46.0. The van der Waals surface area contributed by atoms with Crippen molar-refractivity contribution in [2.24, 2.45) is 0 Å². The lowest BCUT2D eigenvalue weighted by Crippen LogP contribution is -2.28. The summed E-state index contributed by atoms with van der Waals surface area (Å²) in [5, 5.41) is 12.4. The Labute approximate surface area is 375 Å². The maximum absolute atomic E-state index is 13.1. The molecule has 3 N–H and O–H groups in total. The van der Waals surface area contributed by atoms with Crippen LogP contribution in [0.25, 0.3) is 11.1 Å². The van der Waals surface area contributed by atoms with Gasteiger partial charge in [0.15, 0.2) is 5.71 Å². The number of carboxylic acids is 1. The quantitative estimate of drug-likeness (QED) is 0.0498. The number of aliphatic carboxylic acids is 1. The molecular formula is C49H55N3O10S2. The third-order valence-electron chi connectivity index (χ3n) is 12.6. The van der Waals surface area contributed by atoms with E-state index in [0.29, 0.717) is 31.5 Å². The Morgan fingerprint density at radius 1 is 0.828 bits per heavy atom. The molecule has 338 valence electrons. The van der Waals surface area contributed by atoms with E-state index >= 15 is 0 Å². The van der Waals surface area contributed by atoms with Crippen molar-refractivity contribution in [1.29, 1.82) is 0 Å². The monoisotopic (exact) mass is 909 g/mol. The molecule has 0 radical (unpaired) electrons. The molecule has 1 aliphatic carbocycles. The first kappa shape index (κ1) is 46.4. The van der Waals surface area contributed by atoms with Crippen molar-refractivity contribution in [3.05, 3.63) is 142 Å². The molecule has 2 aliphatic heterocycles. The van der Waals surface area contributed by atoms with Gasteiger partial charge in [-0.1, -0.05) is 86.7 Å². The average molecular weight is 910 g/mol. The molecule has 1 amide bonds. The fourth-order valence-electron chi connectivity index (χ4n) is 9.48. The van der Waals surface area contributed by atoms with Gasteiger partial charge < -0.3 is 24.6 Å². The third-order valence-corrected chi connectivity index (χ3v) is 14.2. The molecular weight excluding hydrogens is 855 g/mol. The van der Waals surface area contributed by atoms with E-state index in [0.717, 1.165) is 61.7 Å². The van der Waals surface area contributed by atoms with Crippen LogP contribution in [0, 0.1) is 0 Å². The van der Waals surface area contributed by atoms with Gasteiger partial charge in [-0.3, -0.25) is 9.35 Å². The lowest BCUT2D eigenvalue weighted by molar-refractivity contribution is -0.438. The van der Waals surface area contributed by atoms with Crippen LogP contribution in [0.1, 0.15) is 92.7 Å². The second kappa shape index (κ2) is 18.5. The van der Waals surface area contributed by atoms with Gasteiger partial charge in [-0.2, -0.15) is 13.0 Å². The zero-order valence-electron chi connectivity index (χ0n) is 36.5. The fraction of sp³-hybridized carbons (Fsp3) is 0.367. The van der Waals surface area contributed by atoms with E-state index in [1.165, 1.54) is 0 Å². The fourth-order valence-corrected chi connectivity index (χ4v) is 10.6. The number of carboxylic acid groups (broad SMARTS) is 1. The molecule has 0 saturated carbocycles. The molecule has 64 heavy (non-hydrogen) atoms. The molecule has 2 heterocycles. The Morgan fingerprint density at radius 2 is 1.47 bits per heavy atom. The van der Waals surface area contributed by atoms with E-state index in [9.17, 15) is 40.6 Å². The Hall–Kier alpha value is -5.61. The number of hydrogen-bond donors (Lipinski definition) is 3. The van der Waals surface area contributed by atoms with Gasteiger partial charge in [0.25, 0.3) is 10.1 Å². The van der Waals surface area contributed by atoms with Crippen LogP contribution in [0.2, 0.25) is 0 Å². The van der Waals surface area contributed by atoms with Crippen LogP contribution < -0.4 is 10.2 Å². The van der Waals surface area contributed by atoms with Crippen molar-refractivity contribution in [3.63, 3.8) is 0 Å². The summed E-state index contributed by atoms with van der Waals surface area (Å²) in [6.07, 6.45) is 6.71. The van der Waals surface area contributed by atoms with Crippen molar-refractivity contribution in [1.82, 2.24) is 5.32 Å². The molecule has 0 aromatic heterocycles. The van der Waals surface area contributed by atoms with Crippen molar-refractivity contribution < 1.29 is 49.9 Å². The van der Waals surface area contributed by atoms with Gasteiger partial charge in [0, 0.05) is 65.7 Å². The number of nitrogens with one attached hydrogen (secondary N) is 1. The van der Waals surface area contributed by atoms with E-state index in [-0.39, 0.29) is 44.1 Å². The van der Waals surface area contributed by atoms with Gasteiger partial charge in [0.1, 0.15) is 13.2 Å². The van der Waals surface area contributed by atoms with Crippen LogP contribution in [0.4, 0.5) is 16.2 Å². The van der Waals surface area contributed by atoms with Gasteiger partial charge in [-0.25, -0.2) is 13.2 Å². The number of alkyl carbamates (subject to hydrolysis) is 1. The van der Waals surface area contributed by atoms with Gasteiger partial charge in [0.2, 0.25) is 5.69 Å². The van der Waals surface area contributed by atoms with E-state index in [1.807, 2.05) is 66.8 Å². The molecule has 4 aromatic carbocycles. The number of anilines is 1. The molecule has 3 aliphatic rings. The summed E-state index contributed by atoms with van der Waals surface area (Å²) >= 11 is 0. The molecule has 0 bridgehead atoms. The van der Waals surface area contributed by atoms with Crippen LogP contribution in [-0.4, -0.2) is 84.6 Å². The zero-order valence-corrected chi connectivity index (χ0v) is 38.2. The first-order valence-electron chi connectivity index (χ1n) is 21.5. The highest BCUT2D eigenvalue weighted by Gasteiger charge is 2.45. The highest BCUT2D eigenvalue weighted by atomic mass is 32.2. The predicted molar refractivity (Wildman–Crippen MR) is 246 cm³/mol. The number of ether oxygens (including phenoxy) is 1. The minimum atomic E-state index is -4.37. The molecule has 0 atom stereocenters. The number of rotatable bonds is 18. The Morgan fingerprint density at radius 3 is 2.12 bits per heavy atom. The largest absolute Gasteiger partial charge is 0.748 e. The molecule has 7 rings (SSSR count). The number of unbranched alkanes of at least 4 members (excludes halogenated alkanes) is 2. The summed E-state index contributed by atoms with van der Waals surface area (Å²) in [5.74, 6) is -1.82. The Balaban J connectivity index is 1.13. The lowest BCUT2D eigenvalue weighted by atomic mass is 9.80. The van der Waals surface area contributed by atoms with Crippen molar-refractivity contribution in [2.75, 3.05) is 36.1 Å². The smallest absolute Gasteiger partial charge is 0.407 e. The number of amides is 1. The van der Waals surface area contributed by atoms with Crippen LogP contribution >= 0.6 is 0 Å². The van der Waals surface area contributed by atoms with E-state index in [2.05, 4.69) is 72.8 Å². The van der Waals surface area contributed by atoms with Gasteiger partial charge in [0.05, 0.1) is 27.7 Å². The molecule has 4 aromatic rings. The standard InChI is InChI=1S/C49H55N3O10S2/c1-48(2)40-28-33(30-46(53)54)20-22-42(40)51(24-9-11-26-63(56,57)58)44(48)18-13-19-45-49(3,4)41-29-34(21-23-43(41)52(45)25-10-12-27-64(59,60)61)31-50-47(55)62-32-39-37-16-7-5-14-35(37)36-15-6-8-17-38(36)39/h5-8,13-23,28-29,39H,9-12,24-27,30-32H2,1-4H3,(H3-,50,53,54,55,56,57,58,59,60,61). The summed E-state index contributed by atoms with van der Waals surface area (Å²) in [5.41, 5.74) is 10.6. The molecule has 0 saturated heterocycles. The maximum Gasteiger partial charge on any atom is 0.407 e. The third kappa shape index (κ3) is 10.2. The first-order chi connectivity index (χ1) is 30.2. The van der Waals surface area contributed by atoms with E-state index in [1.54, 1.807) is 6.07 Å². The van der Waals surface area contributed by atoms with Crippen molar-refractivity contribution >= 4 is 49.4 Å². The molecule has 13 nitrogen and oxygen atoms in total. The minimum absolute atomic E-state index is 0.0642. The second-order valence-electron chi connectivity index (χ2n) is 17.8. The summed E-state index contributed by atoms with van der Waals surface area (Å²) in [7, 11) is -8.50. The van der Waals surface area contributed by atoms with Gasteiger partial charge >= 0.3 is 12.1 Å². The average Bonchev–Trinajstić information content (AvgIpc) is 3.74. The second-order valence-corrected chi connectivity index (χ2v) is 20.9. The number of nitrogens with zero attached hydrogens (tertiary/aromatic N) is 2. The summed E-state index contributed by atoms with van der Waals surface area (Å²) < 4.78 is 74.6. The molecule has 0 fully saturated rings. The first-order valence-corrected chi connectivity index (χ1v) is 24.7. The minimum Gasteiger partial charge on any atom is -0.748 e. The number of carbonyl (C=O) groups excluding carboxylic acids is 1. The van der Waals surface area contributed by atoms with Gasteiger partial charge in [-0.05, 0) is 90.3 Å². The van der Waals surface area contributed by atoms with Crippen LogP contribution in [-0.2, 0) is 53.6 Å². The summed E-state index contributed by atoms with van der Waals surface area (Å²) in [6, 6.07) is 27.9. The number of carbonyl (C=O) groups is 2. The number of hydrogen-bond acceptors (Lipinski definition) is 9. The van der Waals surface area contributed by atoms with Crippen molar-refractivity contribution in [3.8, 4) is 11.1 Å². The topological polar surface area (TPSA) is 193 Å². The van der Waals surface area contributed by atoms with Gasteiger partial charge in [-0.15, -0.1) is 0 Å². The summed E-state index contributed by atoms with van der Waals surface area (Å²) in [6.45, 7) is 9.65. The molecule has 15 heteroatoms. The van der Waals surface area contributed by atoms with E-state index < -0.39 is 48.9 Å². The highest BCUT2D eigenvalue weighted by Crippen LogP contribution is 2.49. The maximum atomic E-state index is 13.1. The number of benzene rings is 4. The highest BCUT2D eigenvalue weighted by molar-refractivity contribution is 7.85. The van der Waals surface area contributed by atoms with Crippen LogP contribution in [0.15, 0.2) is 109 Å². The normalized spacial score (nSPS) is 16.8. The predicted octanol–water partition coefficient (Wildman–Crippen LogP) is 7.96. The Bertz CT molecular complexity index is 2750. The van der Waals surface area contributed by atoms with Crippen molar-refractivity contribution in [2.45, 2.75) is 83.1 Å². The SMILES string of the molecule is CC1(C)C(=CC=CC2=[N+](CCCCS(=O)(=O)[O-])c3ccc(CC(=O)O)cc3C2(C)C)N(CCCCS(=O)(=O)O)c2ccc(CNC(=O)OCC3c4ccccc4-c4ccccc43)cc21. The van der Waals surface area contributed by atoms with Crippen LogP contribution in [0.5, 0.6) is 0 Å². The lowest BCUT2D eigenvalue weighted by Gasteiger charge is -2.27. The molecule has 0 spiro atoms. The van der Waals surface area contributed by atoms with Crippen LogP contribution in [0.3, 0.4) is 0 Å². The van der Waals surface area contributed by atoms with E-state index in [4.69, 9.17) is 4.74 Å². The number of allylic oxidation sites excluding steroid dienone is 4.